The van der Waals surface area contributed by atoms with Gasteiger partial charge in [0, 0.05) is 23.2 Å². The first kappa shape index (κ1) is 14.5. The summed E-state index contributed by atoms with van der Waals surface area (Å²) in [6, 6.07) is 10.2. The summed E-state index contributed by atoms with van der Waals surface area (Å²) in [7, 11) is 0. The summed E-state index contributed by atoms with van der Waals surface area (Å²) in [5.74, 6) is 0. The van der Waals surface area contributed by atoms with E-state index in [0.29, 0.717) is 13.1 Å². The predicted molar refractivity (Wildman–Crippen MR) is 87.9 cm³/mol. The van der Waals surface area contributed by atoms with Gasteiger partial charge in [-0.2, -0.15) is 5.10 Å². The molecule has 0 fully saturated rings. The lowest BCUT2D eigenvalue weighted by atomic mass is 10.2. The summed E-state index contributed by atoms with van der Waals surface area (Å²) in [5, 5.41) is 18.1. The molecule has 0 saturated heterocycles. The molecule has 2 N–H and O–H groups in total. The van der Waals surface area contributed by atoms with Gasteiger partial charge in [0.1, 0.15) is 0 Å². The first-order chi connectivity index (χ1) is 10.7. The van der Waals surface area contributed by atoms with E-state index in [1.54, 1.807) is 0 Å². The van der Waals surface area contributed by atoms with Crippen molar-refractivity contribution in [1.82, 2.24) is 14.8 Å². The fourth-order valence-electron chi connectivity index (χ4n) is 2.66. The second kappa shape index (κ2) is 6.15. The summed E-state index contributed by atoms with van der Waals surface area (Å²) >= 11 is 0. The van der Waals surface area contributed by atoms with Crippen LogP contribution < -0.4 is 5.32 Å². The number of rotatable bonds is 5. The van der Waals surface area contributed by atoms with Crippen LogP contribution in [0.2, 0.25) is 0 Å². The molecule has 0 atom stereocenters. The monoisotopic (exact) mass is 296 g/mol. The van der Waals surface area contributed by atoms with Crippen molar-refractivity contribution in [2.75, 3.05) is 11.9 Å². The molecule has 0 aliphatic rings. The Hall–Kier alpha value is -2.40. The number of hydrogen-bond donors (Lipinski definition) is 2. The number of pyridine rings is 1. The molecule has 2 heterocycles. The number of aromatic nitrogens is 3. The Kier molecular flexibility index (Phi) is 4.06. The third-order valence-electron chi connectivity index (χ3n) is 3.90. The van der Waals surface area contributed by atoms with Gasteiger partial charge in [-0.25, -0.2) is 0 Å². The smallest absolute Gasteiger partial charge is 0.0703 e. The Morgan fingerprint density at radius 3 is 2.86 bits per heavy atom. The first-order valence-electron chi connectivity index (χ1n) is 7.41. The van der Waals surface area contributed by atoms with E-state index in [1.165, 1.54) is 5.56 Å². The lowest BCUT2D eigenvalue weighted by Crippen LogP contribution is -2.07. The molecule has 0 unspecified atom stereocenters. The fraction of sp³-hybridized carbons (Fsp3) is 0.294. The van der Waals surface area contributed by atoms with Crippen molar-refractivity contribution >= 4 is 16.6 Å². The highest BCUT2D eigenvalue weighted by molar-refractivity contribution is 5.81. The highest BCUT2D eigenvalue weighted by atomic mass is 16.3. The van der Waals surface area contributed by atoms with Crippen LogP contribution in [-0.4, -0.2) is 26.5 Å². The fourth-order valence-corrected chi connectivity index (χ4v) is 2.66. The number of aliphatic hydroxyl groups is 1. The van der Waals surface area contributed by atoms with Gasteiger partial charge in [-0.05, 0) is 26.0 Å². The minimum absolute atomic E-state index is 0.101. The number of nitrogens with zero attached hydrogens (tertiary/aromatic N) is 3. The van der Waals surface area contributed by atoms with Crippen LogP contribution in [0.1, 0.15) is 17.0 Å². The van der Waals surface area contributed by atoms with Crippen LogP contribution >= 0.6 is 0 Å². The van der Waals surface area contributed by atoms with Crippen molar-refractivity contribution in [3.63, 3.8) is 0 Å². The summed E-state index contributed by atoms with van der Waals surface area (Å²) < 4.78 is 1.85. The van der Waals surface area contributed by atoms with Crippen LogP contribution in [0.15, 0.2) is 36.5 Å². The second-order valence-corrected chi connectivity index (χ2v) is 5.37. The number of aryl methyl sites for hydroxylation is 1. The van der Waals surface area contributed by atoms with Crippen LogP contribution in [0.3, 0.4) is 0 Å². The van der Waals surface area contributed by atoms with Crippen LogP contribution in [0.4, 0.5) is 5.69 Å². The molecular weight excluding hydrogens is 276 g/mol. The van der Waals surface area contributed by atoms with Crippen molar-refractivity contribution in [2.24, 2.45) is 0 Å². The van der Waals surface area contributed by atoms with Gasteiger partial charge in [-0.15, -0.1) is 0 Å². The van der Waals surface area contributed by atoms with Crippen LogP contribution in [-0.2, 0) is 13.1 Å². The molecule has 3 aromatic rings. The van der Waals surface area contributed by atoms with E-state index in [0.717, 1.165) is 28.0 Å². The Labute approximate surface area is 129 Å². The highest BCUT2D eigenvalue weighted by Crippen LogP contribution is 2.19. The summed E-state index contributed by atoms with van der Waals surface area (Å²) in [6.07, 6.45) is 1.85. The molecule has 0 aliphatic carbocycles. The molecule has 5 heteroatoms. The minimum atomic E-state index is 0.101. The molecule has 5 nitrogen and oxygen atoms in total. The first-order valence-corrected chi connectivity index (χ1v) is 7.41. The van der Waals surface area contributed by atoms with Crippen molar-refractivity contribution in [3.05, 3.63) is 53.5 Å². The zero-order valence-electron chi connectivity index (χ0n) is 12.9. The van der Waals surface area contributed by atoms with Gasteiger partial charge < -0.3 is 10.4 Å². The number of anilines is 1. The van der Waals surface area contributed by atoms with Crippen LogP contribution in [0, 0.1) is 13.8 Å². The van der Waals surface area contributed by atoms with Crippen LogP contribution in [0.25, 0.3) is 10.9 Å². The van der Waals surface area contributed by atoms with Gasteiger partial charge in [-0.3, -0.25) is 9.67 Å². The Morgan fingerprint density at radius 2 is 2.05 bits per heavy atom. The van der Waals surface area contributed by atoms with Gasteiger partial charge in [0.2, 0.25) is 0 Å². The summed E-state index contributed by atoms with van der Waals surface area (Å²) in [4.78, 5) is 4.46. The molecule has 0 amide bonds. The number of aliphatic hydroxyl groups excluding tert-OH is 1. The maximum Gasteiger partial charge on any atom is 0.0703 e. The number of benzene rings is 1. The summed E-state index contributed by atoms with van der Waals surface area (Å²) in [6.45, 7) is 5.36. The second-order valence-electron chi connectivity index (χ2n) is 5.37. The zero-order valence-corrected chi connectivity index (χ0v) is 12.9. The van der Waals surface area contributed by atoms with Gasteiger partial charge in [0.05, 0.1) is 36.2 Å². The molecular formula is C17H20N4O. The Balaban J connectivity index is 1.79. The number of para-hydroxylation sites is 1. The van der Waals surface area contributed by atoms with Crippen molar-refractivity contribution < 1.29 is 5.11 Å². The average molecular weight is 296 g/mol. The predicted octanol–water partition coefficient (Wildman–Crippen LogP) is 2.65. The standard InChI is InChI=1S/C17H20N4O/c1-12-16(13(2)21(20-12)7-8-22)11-18-15-9-14-5-3-4-6-17(14)19-10-15/h3-6,9-10,18,22H,7-8,11H2,1-2H3. The Morgan fingerprint density at radius 1 is 1.23 bits per heavy atom. The molecule has 0 radical (unpaired) electrons. The topological polar surface area (TPSA) is 63.0 Å². The Bertz CT molecular complexity index is 794. The van der Waals surface area contributed by atoms with Gasteiger partial charge in [-0.1, -0.05) is 18.2 Å². The minimum Gasteiger partial charge on any atom is -0.394 e. The average Bonchev–Trinajstić information content (AvgIpc) is 2.80. The maximum absolute atomic E-state index is 9.07. The van der Waals surface area contributed by atoms with Crippen molar-refractivity contribution in [1.29, 1.82) is 0 Å². The van der Waals surface area contributed by atoms with E-state index in [-0.39, 0.29) is 6.61 Å². The molecule has 22 heavy (non-hydrogen) atoms. The van der Waals surface area contributed by atoms with E-state index < -0.39 is 0 Å². The molecule has 1 aromatic carbocycles. The van der Waals surface area contributed by atoms with Crippen LogP contribution in [0.5, 0.6) is 0 Å². The lowest BCUT2D eigenvalue weighted by molar-refractivity contribution is 0.268. The number of hydrogen-bond acceptors (Lipinski definition) is 4. The molecule has 0 aliphatic heterocycles. The van der Waals surface area contributed by atoms with E-state index >= 15 is 0 Å². The summed E-state index contributed by atoms with van der Waals surface area (Å²) in [5.41, 5.74) is 5.24. The molecule has 0 saturated carbocycles. The lowest BCUT2D eigenvalue weighted by Gasteiger charge is -2.08. The van der Waals surface area contributed by atoms with E-state index in [9.17, 15) is 0 Å². The SMILES string of the molecule is Cc1nn(CCO)c(C)c1CNc1cnc2ccccc2c1. The number of nitrogens with one attached hydrogen (secondary N) is 1. The van der Waals surface area contributed by atoms with E-state index in [1.807, 2.05) is 42.9 Å². The van der Waals surface area contributed by atoms with E-state index in [2.05, 4.69) is 27.5 Å². The third-order valence-corrected chi connectivity index (χ3v) is 3.90. The van der Waals surface area contributed by atoms with E-state index in [4.69, 9.17) is 5.11 Å². The molecule has 114 valence electrons. The third kappa shape index (κ3) is 2.80. The van der Waals surface area contributed by atoms with Gasteiger partial charge in [0.25, 0.3) is 0 Å². The normalized spacial score (nSPS) is 11.0. The maximum atomic E-state index is 9.07. The molecule has 2 aromatic heterocycles. The molecule has 0 bridgehead atoms. The van der Waals surface area contributed by atoms with Crippen molar-refractivity contribution in [3.8, 4) is 0 Å². The van der Waals surface area contributed by atoms with Gasteiger partial charge in [0.15, 0.2) is 0 Å². The van der Waals surface area contributed by atoms with Crippen molar-refractivity contribution in [2.45, 2.75) is 26.9 Å². The largest absolute Gasteiger partial charge is 0.394 e. The number of fused-ring (bicyclic) bond motifs is 1. The highest BCUT2D eigenvalue weighted by Gasteiger charge is 2.11. The zero-order chi connectivity index (χ0) is 15.5. The quantitative estimate of drug-likeness (QED) is 0.760. The van der Waals surface area contributed by atoms with Gasteiger partial charge >= 0.3 is 0 Å². The molecule has 3 rings (SSSR count). The molecule has 0 spiro atoms.